The van der Waals surface area contributed by atoms with Gasteiger partial charge in [-0.2, -0.15) is 0 Å². The monoisotopic (exact) mass is 215 g/mol. The Morgan fingerprint density at radius 1 is 1.57 bits per heavy atom. The smallest absolute Gasteiger partial charge is 0.294 e. The molecule has 14 heavy (non-hydrogen) atoms. The van der Waals surface area contributed by atoms with Crippen LogP contribution < -0.4 is 10.5 Å². The quantitative estimate of drug-likeness (QED) is 0.794. The molecule has 0 amide bonds. The van der Waals surface area contributed by atoms with Crippen molar-refractivity contribution in [1.82, 2.24) is 10.2 Å². The maximum absolute atomic E-state index is 5.44. The number of rotatable bonds is 4. The standard InChI is InChI=1S/C8H13N3O2S/c9-4-7-10-11-8(14-7)13-5-6-2-1-3-12-6/h6H,1-5,9H2. The van der Waals surface area contributed by atoms with Crippen molar-refractivity contribution < 1.29 is 9.47 Å². The zero-order valence-electron chi connectivity index (χ0n) is 7.81. The van der Waals surface area contributed by atoms with E-state index in [1.807, 2.05) is 0 Å². The van der Waals surface area contributed by atoms with Crippen molar-refractivity contribution in [2.75, 3.05) is 13.2 Å². The van der Waals surface area contributed by atoms with Gasteiger partial charge in [0.1, 0.15) is 11.6 Å². The molecule has 0 saturated carbocycles. The third-order valence-corrected chi connectivity index (χ3v) is 2.90. The minimum Gasteiger partial charge on any atom is -0.466 e. The predicted molar refractivity (Wildman–Crippen MR) is 52.3 cm³/mol. The molecule has 1 aliphatic rings. The van der Waals surface area contributed by atoms with Gasteiger partial charge >= 0.3 is 0 Å². The molecule has 0 aliphatic carbocycles. The Hall–Kier alpha value is -0.720. The van der Waals surface area contributed by atoms with Crippen LogP contribution in [-0.2, 0) is 11.3 Å². The number of nitrogens with zero attached hydrogens (tertiary/aromatic N) is 2. The summed E-state index contributed by atoms with van der Waals surface area (Å²) in [5, 5.41) is 9.10. The summed E-state index contributed by atoms with van der Waals surface area (Å²) in [5.74, 6) is 0. The Kier molecular flexibility index (Phi) is 3.28. The number of ether oxygens (including phenoxy) is 2. The lowest BCUT2D eigenvalue weighted by Crippen LogP contribution is -2.16. The molecule has 78 valence electrons. The number of nitrogens with two attached hydrogens (primary N) is 1. The van der Waals surface area contributed by atoms with Gasteiger partial charge in [-0.25, -0.2) is 0 Å². The van der Waals surface area contributed by atoms with E-state index >= 15 is 0 Å². The van der Waals surface area contributed by atoms with Gasteiger partial charge in [-0.1, -0.05) is 11.3 Å². The third-order valence-electron chi connectivity index (χ3n) is 2.04. The second-order valence-electron chi connectivity index (χ2n) is 3.11. The Bertz CT molecular complexity index is 286. The molecule has 6 heteroatoms. The molecule has 1 unspecified atom stereocenters. The Morgan fingerprint density at radius 2 is 2.50 bits per heavy atom. The van der Waals surface area contributed by atoms with Crippen LogP contribution in [0.15, 0.2) is 0 Å². The van der Waals surface area contributed by atoms with E-state index < -0.39 is 0 Å². The van der Waals surface area contributed by atoms with Crippen LogP contribution in [0.5, 0.6) is 5.19 Å². The molecule has 0 bridgehead atoms. The van der Waals surface area contributed by atoms with Gasteiger partial charge in [-0.05, 0) is 12.8 Å². The second-order valence-corrected chi connectivity index (χ2v) is 4.14. The van der Waals surface area contributed by atoms with Gasteiger partial charge in [0.05, 0.1) is 6.10 Å². The summed E-state index contributed by atoms with van der Waals surface area (Å²) in [6.45, 7) is 1.83. The molecule has 0 aromatic carbocycles. The van der Waals surface area contributed by atoms with Crippen molar-refractivity contribution in [1.29, 1.82) is 0 Å². The van der Waals surface area contributed by atoms with Crippen molar-refractivity contribution in [3.05, 3.63) is 5.01 Å². The highest BCUT2D eigenvalue weighted by atomic mass is 32.1. The van der Waals surface area contributed by atoms with Gasteiger partial charge in [0.2, 0.25) is 0 Å². The van der Waals surface area contributed by atoms with Gasteiger partial charge in [0, 0.05) is 13.2 Å². The first kappa shape index (κ1) is 9.82. The Balaban J connectivity index is 1.79. The van der Waals surface area contributed by atoms with E-state index in [9.17, 15) is 0 Å². The molecule has 1 saturated heterocycles. The molecule has 1 aromatic rings. The summed E-state index contributed by atoms with van der Waals surface area (Å²) in [4.78, 5) is 0. The minimum atomic E-state index is 0.222. The first-order chi connectivity index (χ1) is 6.88. The Labute approximate surface area is 86.2 Å². The van der Waals surface area contributed by atoms with Crippen LogP contribution in [-0.4, -0.2) is 29.5 Å². The van der Waals surface area contributed by atoms with Crippen LogP contribution in [0.3, 0.4) is 0 Å². The molecule has 2 N–H and O–H groups in total. The van der Waals surface area contributed by atoms with Gasteiger partial charge in [-0.3, -0.25) is 0 Å². The molecule has 2 heterocycles. The lowest BCUT2D eigenvalue weighted by molar-refractivity contribution is 0.0676. The zero-order valence-corrected chi connectivity index (χ0v) is 8.63. The number of hydrogen-bond donors (Lipinski definition) is 1. The summed E-state index contributed by atoms with van der Waals surface area (Å²) >= 11 is 1.39. The summed E-state index contributed by atoms with van der Waals surface area (Å²) in [6.07, 6.45) is 2.42. The van der Waals surface area contributed by atoms with Crippen LogP contribution in [0.1, 0.15) is 17.8 Å². The molecule has 1 fully saturated rings. The Morgan fingerprint density at radius 3 is 3.14 bits per heavy atom. The van der Waals surface area contributed by atoms with E-state index in [1.54, 1.807) is 0 Å². The van der Waals surface area contributed by atoms with E-state index in [2.05, 4.69) is 10.2 Å². The summed E-state index contributed by atoms with van der Waals surface area (Å²) in [7, 11) is 0. The molecular formula is C8H13N3O2S. The van der Waals surface area contributed by atoms with Crippen LogP contribution in [0, 0.1) is 0 Å². The molecule has 2 rings (SSSR count). The zero-order chi connectivity index (χ0) is 9.80. The fourth-order valence-corrected chi connectivity index (χ4v) is 1.89. The van der Waals surface area contributed by atoms with E-state index in [0.29, 0.717) is 18.3 Å². The average Bonchev–Trinajstić information content (AvgIpc) is 2.86. The first-order valence-corrected chi connectivity index (χ1v) is 5.47. The molecule has 1 aromatic heterocycles. The summed E-state index contributed by atoms with van der Waals surface area (Å²) < 4.78 is 10.9. The van der Waals surface area contributed by atoms with Gasteiger partial charge in [-0.15, -0.1) is 10.2 Å². The fourth-order valence-electron chi connectivity index (χ4n) is 1.32. The predicted octanol–water partition coefficient (Wildman–Crippen LogP) is 0.555. The van der Waals surface area contributed by atoms with Crippen molar-refractivity contribution >= 4 is 11.3 Å². The number of hydrogen-bond acceptors (Lipinski definition) is 6. The summed E-state index contributed by atoms with van der Waals surface area (Å²) in [6, 6.07) is 0. The normalized spacial score (nSPS) is 21.4. The third kappa shape index (κ3) is 2.40. The number of aromatic nitrogens is 2. The van der Waals surface area contributed by atoms with E-state index in [0.717, 1.165) is 24.5 Å². The first-order valence-electron chi connectivity index (χ1n) is 4.65. The van der Waals surface area contributed by atoms with Gasteiger partial charge in [0.25, 0.3) is 5.19 Å². The van der Waals surface area contributed by atoms with Crippen LogP contribution >= 0.6 is 11.3 Å². The maximum Gasteiger partial charge on any atom is 0.294 e. The van der Waals surface area contributed by atoms with Crippen LogP contribution in [0.25, 0.3) is 0 Å². The highest BCUT2D eigenvalue weighted by Crippen LogP contribution is 2.19. The van der Waals surface area contributed by atoms with E-state index in [1.165, 1.54) is 11.3 Å². The van der Waals surface area contributed by atoms with Crippen LogP contribution in [0.2, 0.25) is 0 Å². The highest BCUT2D eigenvalue weighted by Gasteiger charge is 2.16. The average molecular weight is 215 g/mol. The van der Waals surface area contributed by atoms with Crippen molar-refractivity contribution in [2.24, 2.45) is 5.73 Å². The SMILES string of the molecule is NCc1nnc(OCC2CCCO2)s1. The molecule has 1 aliphatic heterocycles. The molecule has 0 spiro atoms. The maximum atomic E-state index is 5.44. The molecular weight excluding hydrogens is 202 g/mol. The topological polar surface area (TPSA) is 70.3 Å². The largest absolute Gasteiger partial charge is 0.466 e. The van der Waals surface area contributed by atoms with E-state index in [-0.39, 0.29) is 6.10 Å². The molecule has 5 nitrogen and oxygen atoms in total. The lowest BCUT2D eigenvalue weighted by atomic mass is 10.2. The van der Waals surface area contributed by atoms with Crippen molar-refractivity contribution in [3.63, 3.8) is 0 Å². The lowest BCUT2D eigenvalue weighted by Gasteiger charge is -2.07. The molecule has 1 atom stereocenters. The van der Waals surface area contributed by atoms with Crippen molar-refractivity contribution in [3.8, 4) is 5.19 Å². The minimum absolute atomic E-state index is 0.222. The van der Waals surface area contributed by atoms with Gasteiger partial charge in [0.15, 0.2) is 0 Å². The van der Waals surface area contributed by atoms with E-state index in [4.69, 9.17) is 15.2 Å². The summed E-state index contributed by atoms with van der Waals surface area (Å²) in [5.41, 5.74) is 5.41. The van der Waals surface area contributed by atoms with Crippen molar-refractivity contribution in [2.45, 2.75) is 25.5 Å². The second kappa shape index (κ2) is 4.68. The molecule has 0 radical (unpaired) electrons. The van der Waals surface area contributed by atoms with Gasteiger partial charge < -0.3 is 15.2 Å². The highest BCUT2D eigenvalue weighted by molar-refractivity contribution is 7.13. The fraction of sp³-hybridized carbons (Fsp3) is 0.750. The van der Waals surface area contributed by atoms with Crippen LogP contribution in [0.4, 0.5) is 0 Å².